The molecule has 1 amide bonds. The first-order valence-electron chi connectivity index (χ1n) is 6.20. The summed E-state index contributed by atoms with van der Waals surface area (Å²) >= 11 is 11.8. The van der Waals surface area contributed by atoms with Crippen LogP contribution in [-0.2, 0) is 6.54 Å². The summed E-state index contributed by atoms with van der Waals surface area (Å²) < 4.78 is 13.1. The molecule has 0 spiro atoms. The smallest absolute Gasteiger partial charge is 0.251 e. The first-order chi connectivity index (χ1) is 10.0. The first-order valence-corrected chi connectivity index (χ1v) is 6.96. The van der Waals surface area contributed by atoms with Crippen molar-refractivity contribution in [3.8, 4) is 0 Å². The SMILES string of the molecule is CNC(=O)c1ccc(Cl)c(NCc2ccc(F)c(Cl)c2)c1. The molecule has 2 aromatic rings. The quantitative estimate of drug-likeness (QED) is 0.887. The van der Waals surface area contributed by atoms with E-state index in [0.717, 1.165) is 5.56 Å². The maximum absolute atomic E-state index is 13.1. The van der Waals surface area contributed by atoms with Gasteiger partial charge in [-0.2, -0.15) is 0 Å². The van der Waals surface area contributed by atoms with Crippen molar-refractivity contribution in [2.45, 2.75) is 6.54 Å². The number of carbonyl (C=O) groups excluding carboxylic acids is 1. The molecule has 2 aromatic carbocycles. The molecule has 2 N–H and O–H groups in total. The number of benzene rings is 2. The van der Waals surface area contributed by atoms with Gasteiger partial charge in [0, 0.05) is 19.2 Å². The third-order valence-electron chi connectivity index (χ3n) is 2.92. The van der Waals surface area contributed by atoms with E-state index in [0.29, 0.717) is 22.8 Å². The number of anilines is 1. The number of hydrogen-bond donors (Lipinski definition) is 2. The van der Waals surface area contributed by atoms with Crippen LogP contribution in [0.15, 0.2) is 36.4 Å². The molecule has 2 rings (SSSR count). The lowest BCUT2D eigenvalue weighted by atomic mass is 10.1. The minimum Gasteiger partial charge on any atom is -0.380 e. The fraction of sp³-hybridized carbons (Fsp3) is 0.133. The van der Waals surface area contributed by atoms with Gasteiger partial charge in [-0.25, -0.2) is 4.39 Å². The summed E-state index contributed by atoms with van der Waals surface area (Å²) in [5.74, 6) is -0.653. The Hall–Kier alpha value is -1.78. The van der Waals surface area contributed by atoms with Crippen molar-refractivity contribution in [1.82, 2.24) is 5.32 Å². The Labute approximate surface area is 132 Å². The van der Waals surface area contributed by atoms with Crippen molar-refractivity contribution < 1.29 is 9.18 Å². The van der Waals surface area contributed by atoms with Gasteiger partial charge in [-0.1, -0.05) is 29.3 Å². The van der Waals surface area contributed by atoms with Gasteiger partial charge in [-0.05, 0) is 35.9 Å². The molecule has 0 unspecified atom stereocenters. The molecule has 0 aliphatic heterocycles. The third kappa shape index (κ3) is 3.86. The van der Waals surface area contributed by atoms with Crippen LogP contribution < -0.4 is 10.6 Å². The van der Waals surface area contributed by atoms with Gasteiger partial charge in [-0.15, -0.1) is 0 Å². The predicted octanol–water partition coefficient (Wildman–Crippen LogP) is 4.10. The molecule has 110 valence electrons. The Bertz CT molecular complexity index is 677. The normalized spacial score (nSPS) is 10.3. The molecule has 0 saturated carbocycles. The fourth-order valence-electron chi connectivity index (χ4n) is 1.79. The number of rotatable bonds is 4. The highest BCUT2D eigenvalue weighted by Gasteiger charge is 2.08. The van der Waals surface area contributed by atoms with Crippen LogP contribution in [0.1, 0.15) is 15.9 Å². The molecule has 0 aromatic heterocycles. The van der Waals surface area contributed by atoms with E-state index < -0.39 is 5.82 Å². The van der Waals surface area contributed by atoms with Gasteiger partial charge in [0.15, 0.2) is 0 Å². The number of nitrogens with one attached hydrogen (secondary N) is 2. The van der Waals surface area contributed by atoms with Crippen molar-refractivity contribution in [2.24, 2.45) is 0 Å². The summed E-state index contributed by atoms with van der Waals surface area (Å²) in [5, 5.41) is 6.21. The highest BCUT2D eigenvalue weighted by molar-refractivity contribution is 6.33. The van der Waals surface area contributed by atoms with Gasteiger partial charge in [0.1, 0.15) is 5.82 Å². The average Bonchev–Trinajstić information content (AvgIpc) is 2.49. The lowest BCUT2D eigenvalue weighted by molar-refractivity contribution is 0.0963. The standard InChI is InChI=1S/C15H13Cl2FN2O/c1-19-15(21)10-3-4-11(16)14(7-10)20-8-9-2-5-13(18)12(17)6-9/h2-7,20H,8H2,1H3,(H,19,21). The van der Waals surface area contributed by atoms with Crippen molar-refractivity contribution >= 4 is 34.8 Å². The van der Waals surface area contributed by atoms with Gasteiger partial charge in [0.2, 0.25) is 0 Å². The molecule has 0 aliphatic carbocycles. The van der Waals surface area contributed by atoms with E-state index >= 15 is 0 Å². The summed E-state index contributed by atoms with van der Waals surface area (Å²) in [5.41, 5.74) is 1.93. The van der Waals surface area contributed by atoms with Crippen molar-refractivity contribution in [1.29, 1.82) is 0 Å². The summed E-state index contributed by atoms with van der Waals surface area (Å²) in [7, 11) is 1.56. The van der Waals surface area contributed by atoms with E-state index in [2.05, 4.69) is 10.6 Å². The van der Waals surface area contributed by atoms with Crippen molar-refractivity contribution in [3.63, 3.8) is 0 Å². The van der Waals surface area contributed by atoms with E-state index in [1.807, 2.05) is 0 Å². The summed E-state index contributed by atoms with van der Waals surface area (Å²) in [6.45, 7) is 0.414. The molecule has 21 heavy (non-hydrogen) atoms. The largest absolute Gasteiger partial charge is 0.380 e. The lowest BCUT2D eigenvalue weighted by Crippen LogP contribution is -2.17. The van der Waals surface area contributed by atoms with E-state index in [-0.39, 0.29) is 10.9 Å². The Balaban J connectivity index is 2.15. The maximum atomic E-state index is 13.1. The molecule has 0 fully saturated rings. The van der Waals surface area contributed by atoms with Gasteiger partial charge in [0.25, 0.3) is 5.91 Å². The van der Waals surface area contributed by atoms with Crippen LogP contribution in [0.25, 0.3) is 0 Å². The third-order valence-corrected chi connectivity index (χ3v) is 3.54. The number of carbonyl (C=O) groups is 1. The highest BCUT2D eigenvalue weighted by Crippen LogP contribution is 2.24. The lowest BCUT2D eigenvalue weighted by Gasteiger charge is -2.10. The Kier molecular flexibility index (Phi) is 5.04. The maximum Gasteiger partial charge on any atom is 0.251 e. The molecule has 0 saturated heterocycles. The second-order valence-electron chi connectivity index (χ2n) is 4.38. The zero-order valence-corrected chi connectivity index (χ0v) is 12.7. The van der Waals surface area contributed by atoms with Crippen LogP contribution in [0.4, 0.5) is 10.1 Å². The van der Waals surface area contributed by atoms with Gasteiger partial charge in [-0.3, -0.25) is 4.79 Å². The zero-order chi connectivity index (χ0) is 15.4. The summed E-state index contributed by atoms with van der Waals surface area (Å²) in [6.07, 6.45) is 0. The van der Waals surface area contributed by atoms with Crippen LogP contribution in [0.5, 0.6) is 0 Å². The van der Waals surface area contributed by atoms with Crippen molar-refractivity contribution in [2.75, 3.05) is 12.4 Å². The molecule has 6 heteroatoms. The minimum absolute atomic E-state index is 0.0690. The second kappa shape index (κ2) is 6.78. The molecule has 0 aliphatic rings. The van der Waals surface area contributed by atoms with E-state index in [4.69, 9.17) is 23.2 Å². The van der Waals surface area contributed by atoms with Crippen LogP contribution in [0.2, 0.25) is 10.0 Å². The molecular weight excluding hydrogens is 314 g/mol. The Morgan fingerprint density at radius 3 is 2.57 bits per heavy atom. The van der Waals surface area contributed by atoms with Crippen LogP contribution in [-0.4, -0.2) is 13.0 Å². The Morgan fingerprint density at radius 1 is 1.14 bits per heavy atom. The van der Waals surface area contributed by atoms with Crippen molar-refractivity contribution in [3.05, 3.63) is 63.4 Å². The van der Waals surface area contributed by atoms with E-state index in [1.165, 1.54) is 6.07 Å². The summed E-state index contributed by atoms with van der Waals surface area (Å²) in [4.78, 5) is 11.6. The van der Waals surface area contributed by atoms with Gasteiger partial charge >= 0.3 is 0 Å². The van der Waals surface area contributed by atoms with Crippen LogP contribution in [0, 0.1) is 5.82 Å². The number of hydrogen-bond acceptors (Lipinski definition) is 2. The average molecular weight is 327 g/mol. The topological polar surface area (TPSA) is 41.1 Å². The van der Waals surface area contributed by atoms with Crippen LogP contribution >= 0.6 is 23.2 Å². The van der Waals surface area contributed by atoms with Gasteiger partial charge in [0.05, 0.1) is 15.7 Å². The molecule has 0 heterocycles. The Morgan fingerprint density at radius 2 is 1.90 bits per heavy atom. The van der Waals surface area contributed by atoms with Gasteiger partial charge < -0.3 is 10.6 Å². The first kappa shape index (κ1) is 15.6. The van der Waals surface area contributed by atoms with Crippen LogP contribution in [0.3, 0.4) is 0 Å². The molecule has 0 radical (unpaired) electrons. The highest BCUT2D eigenvalue weighted by atomic mass is 35.5. The molecular formula is C15H13Cl2FN2O. The molecule has 0 atom stereocenters. The monoisotopic (exact) mass is 326 g/mol. The van der Waals surface area contributed by atoms with E-state index in [9.17, 15) is 9.18 Å². The minimum atomic E-state index is -0.458. The molecule has 3 nitrogen and oxygen atoms in total. The second-order valence-corrected chi connectivity index (χ2v) is 5.19. The fourth-order valence-corrected chi connectivity index (χ4v) is 2.18. The zero-order valence-electron chi connectivity index (χ0n) is 11.2. The number of amides is 1. The predicted molar refractivity (Wildman–Crippen MR) is 83.6 cm³/mol. The summed E-state index contributed by atoms with van der Waals surface area (Å²) in [6, 6.07) is 9.42. The van der Waals surface area contributed by atoms with E-state index in [1.54, 1.807) is 37.4 Å². The molecule has 0 bridgehead atoms. The number of halogens is 3.